The average Bonchev–Trinajstić information content (AvgIpc) is 2.73. The minimum absolute atomic E-state index is 0.155. The van der Waals surface area contributed by atoms with Crippen LogP contribution in [-0.2, 0) is 11.2 Å². The lowest BCUT2D eigenvalue weighted by atomic mass is 10.1. The topological polar surface area (TPSA) is 74.2 Å². The fourth-order valence-corrected chi connectivity index (χ4v) is 1.25. The van der Waals surface area contributed by atoms with Crippen LogP contribution >= 0.6 is 0 Å². The van der Waals surface area contributed by atoms with Crippen LogP contribution < -0.4 is 5.73 Å². The Kier molecular flexibility index (Phi) is 4.89. The summed E-state index contributed by atoms with van der Waals surface area (Å²) in [5.41, 5.74) is 5.92. The quantitative estimate of drug-likeness (QED) is 0.800. The van der Waals surface area contributed by atoms with Crippen molar-refractivity contribution in [3.05, 3.63) is 11.7 Å². The minimum atomic E-state index is -0.155. The van der Waals surface area contributed by atoms with Gasteiger partial charge in [0.15, 0.2) is 5.82 Å². The molecule has 92 valence electrons. The Morgan fingerprint density at radius 1 is 1.38 bits per heavy atom. The van der Waals surface area contributed by atoms with E-state index in [4.69, 9.17) is 15.0 Å². The number of hydrogen-bond acceptors (Lipinski definition) is 5. The Morgan fingerprint density at radius 3 is 2.62 bits per heavy atom. The van der Waals surface area contributed by atoms with E-state index in [-0.39, 0.29) is 12.1 Å². The summed E-state index contributed by atoms with van der Waals surface area (Å²) in [6.07, 6.45) is 1.80. The molecule has 5 heteroatoms. The highest BCUT2D eigenvalue weighted by Crippen LogP contribution is 2.16. The summed E-state index contributed by atoms with van der Waals surface area (Å²) in [4.78, 5) is 4.28. The van der Waals surface area contributed by atoms with Crippen LogP contribution in [0.1, 0.15) is 44.9 Å². The van der Waals surface area contributed by atoms with Crippen LogP contribution in [0, 0.1) is 5.92 Å². The molecule has 16 heavy (non-hydrogen) atoms. The monoisotopic (exact) mass is 227 g/mol. The Morgan fingerprint density at radius 2 is 2.06 bits per heavy atom. The molecule has 0 radical (unpaired) electrons. The molecular formula is C11H21N3O2. The van der Waals surface area contributed by atoms with Crippen molar-refractivity contribution in [1.29, 1.82) is 0 Å². The second kappa shape index (κ2) is 5.96. The Bertz CT molecular complexity index is 312. The van der Waals surface area contributed by atoms with Crippen LogP contribution in [0.25, 0.3) is 0 Å². The first kappa shape index (κ1) is 13.1. The van der Waals surface area contributed by atoms with Crippen LogP contribution in [0.5, 0.6) is 0 Å². The summed E-state index contributed by atoms with van der Waals surface area (Å²) >= 11 is 0. The molecule has 0 bridgehead atoms. The number of hydrogen-bond donors (Lipinski definition) is 1. The van der Waals surface area contributed by atoms with Gasteiger partial charge >= 0.3 is 0 Å². The van der Waals surface area contributed by atoms with E-state index in [9.17, 15) is 0 Å². The van der Waals surface area contributed by atoms with Crippen LogP contribution in [0.2, 0.25) is 0 Å². The largest absolute Gasteiger partial charge is 0.382 e. The lowest BCUT2D eigenvalue weighted by Crippen LogP contribution is -2.18. The molecule has 5 nitrogen and oxygen atoms in total. The standard InChI is InChI=1S/C11H21N3O2/c1-7(2)10(12)11-13-9(16-14-11)6-5-8(3)15-4/h7-8,10H,5-6,12H2,1-4H3. The summed E-state index contributed by atoms with van der Waals surface area (Å²) in [5, 5.41) is 3.89. The van der Waals surface area contributed by atoms with Crippen LogP contribution in [-0.4, -0.2) is 23.4 Å². The summed E-state index contributed by atoms with van der Waals surface area (Å²) in [5.74, 6) is 1.54. The van der Waals surface area contributed by atoms with E-state index in [0.29, 0.717) is 17.6 Å². The summed E-state index contributed by atoms with van der Waals surface area (Å²) in [6.45, 7) is 6.08. The van der Waals surface area contributed by atoms with Crippen LogP contribution in [0.15, 0.2) is 4.52 Å². The Hall–Kier alpha value is -0.940. The molecule has 1 aromatic rings. The van der Waals surface area contributed by atoms with Crippen molar-refractivity contribution >= 4 is 0 Å². The predicted molar refractivity (Wildman–Crippen MR) is 60.9 cm³/mol. The van der Waals surface area contributed by atoms with E-state index < -0.39 is 0 Å². The SMILES string of the molecule is COC(C)CCc1nc(C(N)C(C)C)no1. The van der Waals surface area contributed by atoms with Gasteiger partial charge in [0.2, 0.25) is 5.89 Å². The summed E-state index contributed by atoms with van der Waals surface area (Å²) < 4.78 is 10.3. The first-order valence-corrected chi connectivity index (χ1v) is 5.65. The van der Waals surface area contributed by atoms with Crippen molar-refractivity contribution in [2.24, 2.45) is 11.7 Å². The van der Waals surface area contributed by atoms with Gasteiger partial charge in [-0.1, -0.05) is 19.0 Å². The van der Waals surface area contributed by atoms with Crippen molar-refractivity contribution in [3.8, 4) is 0 Å². The second-order valence-electron chi connectivity index (χ2n) is 4.40. The van der Waals surface area contributed by atoms with Gasteiger partial charge in [-0.3, -0.25) is 0 Å². The van der Waals surface area contributed by atoms with Gasteiger partial charge in [-0.2, -0.15) is 4.98 Å². The van der Waals surface area contributed by atoms with Crippen molar-refractivity contribution in [1.82, 2.24) is 10.1 Å². The third-order valence-corrected chi connectivity index (χ3v) is 2.67. The molecule has 2 N–H and O–H groups in total. The van der Waals surface area contributed by atoms with Gasteiger partial charge in [0.25, 0.3) is 0 Å². The van der Waals surface area contributed by atoms with Gasteiger partial charge in [0.1, 0.15) is 0 Å². The molecule has 0 aromatic carbocycles. The maximum Gasteiger partial charge on any atom is 0.226 e. The highest BCUT2D eigenvalue weighted by atomic mass is 16.5. The molecule has 0 saturated heterocycles. The first-order chi connectivity index (χ1) is 7.54. The van der Waals surface area contributed by atoms with E-state index in [1.165, 1.54) is 0 Å². The first-order valence-electron chi connectivity index (χ1n) is 5.65. The number of aromatic nitrogens is 2. The van der Waals surface area contributed by atoms with Gasteiger partial charge in [-0.15, -0.1) is 0 Å². The maximum absolute atomic E-state index is 5.92. The molecule has 0 saturated carbocycles. The lowest BCUT2D eigenvalue weighted by molar-refractivity contribution is 0.109. The van der Waals surface area contributed by atoms with E-state index in [2.05, 4.69) is 10.1 Å². The molecular weight excluding hydrogens is 206 g/mol. The normalized spacial score (nSPS) is 15.4. The molecule has 1 aromatic heterocycles. The molecule has 0 fully saturated rings. The highest BCUT2D eigenvalue weighted by Gasteiger charge is 2.17. The van der Waals surface area contributed by atoms with Crippen molar-refractivity contribution in [2.75, 3.05) is 7.11 Å². The van der Waals surface area contributed by atoms with E-state index >= 15 is 0 Å². The van der Waals surface area contributed by atoms with Crippen molar-refractivity contribution < 1.29 is 9.26 Å². The van der Waals surface area contributed by atoms with Gasteiger partial charge in [-0.25, -0.2) is 0 Å². The minimum Gasteiger partial charge on any atom is -0.382 e. The zero-order chi connectivity index (χ0) is 12.1. The second-order valence-corrected chi connectivity index (χ2v) is 4.40. The predicted octanol–water partition coefficient (Wildman–Crippen LogP) is 1.69. The van der Waals surface area contributed by atoms with Gasteiger partial charge in [0, 0.05) is 13.5 Å². The van der Waals surface area contributed by atoms with Crippen molar-refractivity contribution in [3.63, 3.8) is 0 Å². The van der Waals surface area contributed by atoms with Gasteiger partial charge in [-0.05, 0) is 19.3 Å². The molecule has 2 atom stereocenters. The number of aryl methyl sites for hydroxylation is 1. The number of methoxy groups -OCH3 is 1. The average molecular weight is 227 g/mol. The third kappa shape index (κ3) is 3.57. The van der Waals surface area contributed by atoms with Crippen LogP contribution in [0.3, 0.4) is 0 Å². The number of nitrogens with two attached hydrogens (primary N) is 1. The van der Waals surface area contributed by atoms with E-state index in [1.54, 1.807) is 7.11 Å². The lowest BCUT2D eigenvalue weighted by Gasteiger charge is -2.09. The molecule has 1 heterocycles. The number of nitrogens with zero attached hydrogens (tertiary/aromatic N) is 2. The smallest absolute Gasteiger partial charge is 0.226 e. The van der Waals surface area contributed by atoms with Crippen LogP contribution in [0.4, 0.5) is 0 Å². The van der Waals surface area contributed by atoms with Gasteiger partial charge < -0.3 is 15.0 Å². The molecule has 2 unspecified atom stereocenters. The highest BCUT2D eigenvalue weighted by molar-refractivity contribution is 4.94. The fraction of sp³-hybridized carbons (Fsp3) is 0.818. The summed E-state index contributed by atoms with van der Waals surface area (Å²) in [7, 11) is 1.69. The van der Waals surface area contributed by atoms with Crippen molar-refractivity contribution in [2.45, 2.75) is 45.8 Å². The Balaban J connectivity index is 2.51. The Labute approximate surface area is 96.4 Å². The number of ether oxygens (including phenoxy) is 1. The molecule has 0 aliphatic rings. The van der Waals surface area contributed by atoms with E-state index in [0.717, 1.165) is 12.8 Å². The maximum atomic E-state index is 5.92. The molecule has 0 aliphatic carbocycles. The zero-order valence-electron chi connectivity index (χ0n) is 10.4. The molecule has 0 amide bonds. The van der Waals surface area contributed by atoms with E-state index in [1.807, 2.05) is 20.8 Å². The molecule has 0 spiro atoms. The summed E-state index contributed by atoms with van der Waals surface area (Å²) in [6, 6.07) is -0.155. The van der Waals surface area contributed by atoms with Gasteiger partial charge in [0.05, 0.1) is 12.1 Å². The molecule has 0 aliphatic heterocycles. The zero-order valence-corrected chi connectivity index (χ0v) is 10.4. The third-order valence-electron chi connectivity index (χ3n) is 2.67. The molecule has 1 rings (SSSR count). The fourth-order valence-electron chi connectivity index (χ4n) is 1.25. The number of rotatable bonds is 6.